The number of fused-ring (bicyclic) bond motifs is 2. The number of rotatable bonds is 12. The van der Waals surface area contributed by atoms with E-state index in [4.69, 9.17) is 5.73 Å². The lowest BCUT2D eigenvalue weighted by Crippen LogP contribution is -2.47. The molecule has 0 radical (unpaired) electrons. The molecule has 1 aliphatic rings. The van der Waals surface area contributed by atoms with Crippen LogP contribution in [0.1, 0.15) is 43.9 Å². The summed E-state index contributed by atoms with van der Waals surface area (Å²) in [6.45, 7) is 8.37. The van der Waals surface area contributed by atoms with E-state index in [1.165, 1.54) is 19.1 Å². The molecule has 48 heavy (non-hydrogen) atoms. The fraction of sp³-hybridized carbons (Fsp3) is 0.265. The number of aliphatic carboxylic acids is 1. The predicted molar refractivity (Wildman–Crippen MR) is 177 cm³/mol. The number of carbonyl (C=O) groups excluding carboxylic acids is 2. The quantitative estimate of drug-likeness (QED) is 0.141. The van der Waals surface area contributed by atoms with E-state index in [2.05, 4.69) is 37.3 Å². The lowest BCUT2D eigenvalue weighted by molar-refractivity contribution is -0.144. The highest BCUT2D eigenvalue weighted by Gasteiger charge is 2.47. The Hall–Kier alpha value is -5.76. The Kier molecular flexibility index (Phi) is 9.47. The Balaban J connectivity index is 1.42. The summed E-state index contributed by atoms with van der Waals surface area (Å²) >= 11 is 0. The van der Waals surface area contributed by atoms with Crippen LogP contribution in [0.15, 0.2) is 78.8 Å². The van der Waals surface area contributed by atoms with E-state index < -0.39 is 35.3 Å². The van der Waals surface area contributed by atoms with Gasteiger partial charge in [0, 0.05) is 18.2 Å². The maximum atomic E-state index is 14.7. The first-order valence-corrected chi connectivity index (χ1v) is 15.1. The minimum absolute atomic E-state index is 0.00350. The number of nitrogens with two attached hydrogens (primary N) is 1. The minimum atomic E-state index is -1.40. The molecular weight excluding hydrogens is 619 g/mol. The van der Waals surface area contributed by atoms with Crippen molar-refractivity contribution in [1.29, 1.82) is 0 Å². The molecule has 14 heteroatoms. The fourth-order valence-corrected chi connectivity index (χ4v) is 5.65. The van der Waals surface area contributed by atoms with Crippen molar-refractivity contribution in [3.8, 4) is 11.5 Å². The van der Waals surface area contributed by atoms with Gasteiger partial charge in [0.1, 0.15) is 28.6 Å². The molecule has 0 bridgehead atoms. The molecule has 0 saturated heterocycles. The number of hydrogen-bond donors (Lipinski definition) is 5. The van der Waals surface area contributed by atoms with E-state index in [0.717, 1.165) is 5.56 Å². The van der Waals surface area contributed by atoms with Crippen molar-refractivity contribution < 1.29 is 29.0 Å². The summed E-state index contributed by atoms with van der Waals surface area (Å²) in [5, 5.41) is 29.2. The summed E-state index contributed by atoms with van der Waals surface area (Å²) in [6.07, 6.45) is 4.93. The smallest absolute Gasteiger partial charge is 0.328 e. The summed E-state index contributed by atoms with van der Waals surface area (Å²) < 4.78 is 16.2. The molecule has 0 aliphatic carbocycles. The number of halogens is 1. The van der Waals surface area contributed by atoms with E-state index in [9.17, 15) is 29.0 Å². The number of allylic oxidation sites excluding steroid dienone is 5. The Bertz CT molecular complexity index is 1990. The number of carboxylic acids is 1. The number of aryl methyl sites for hydroxylation is 1. The number of amides is 2. The molecule has 5 rings (SSSR count). The highest BCUT2D eigenvalue weighted by Crippen LogP contribution is 2.45. The number of carbonyl (C=O) groups is 3. The van der Waals surface area contributed by atoms with Crippen molar-refractivity contribution in [2.75, 3.05) is 11.1 Å². The second-order valence-electron chi connectivity index (χ2n) is 11.5. The van der Waals surface area contributed by atoms with E-state index in [-0.39, 0.29) is 36.3 Å². The summed E-state index contributed by atoms with van der Waals surface area (Å²) in [6, 6.07) is 9.18. The third kappa shape index (κ3) is 6.29. The van der Waals surface area contributed by atoms with Crippen molar-refractivity contribution in [3.63, 3.8) is 0 Å². The summed E-state index contributed by atoms with van der Waals surface area (Å²) in [5.41, 5.74) is 8.30. The van der Waals surface area contributed by atoms with E-state index >= 15 is 0 Å². The number of nitrogen functional groups attached to an aromatic ring is 1. The molecule has 3 aromatic heterocycles. The number of carboxylic acid groups (broad SMARTS) is 1. The van der Waals surface area contributed by atoms with Gasteiger partial charge in [0.05, 0.1) is 23.6 Å². The Morgan fingerprint density at radius 2 is 1.96 bits per heavy atom. The van der Waals surface area contributed by atoms with Gasteiger partial charge in [-0.25, -0.2) is 28.8 Å². The average molecular weight is 655 g/mol. The molecule has 2 amide bonds. The van der Waals surface area contributed by atoms with Crippen LogP contribution in [0, 0.1) is 0 Å². The van der Waals surface area contributed by atoms with Crippen LogP contribution in [0.3, 0.4) is 0 Å². The molecule has 1 aliphatic heterocycles. The molecule has 248 valence electrons. The maximum Gasteiger partial charge on any atom is 0.328 e. The van der Waals surface area contributed by atoms with Crippen LogP contribution in [0.25, 0.3) is 22.6 Å². The average Bonchev–Trinajstić information content (AvgIpc) is 3.55. The molecule has 13 nitrogen and oxygen atoms in total. The lowest BCUT2D eigenvalue weighted by Gasteiger charge is -2.23. The summed E-state index contributed by atoms with van der Waals surface area (Å²) in [5.74, 6) is -2.19. The summed E-state index contributed by atoms with van der Waals surface area (Å²) in [7, 11) is 0. The van der Waals surface area contributed by atoms with Crippen LogP contribution in [0.2, 0.25) is 0 Å². The molecule has 6 N–H and O–H groups in total. The van der Waals surface area contributed by atoms with Gasteiger partial charge in [0.15, 0.2) is 17.5 Å². The van der Waals surface area contributed by atoms with Crippen molar-refractivity contribution in [1.82, 2.24) is 30.0 Å². The number of benzene rings is 1. The zero-order chi connectivity index (χ0) is 34.7. The van der Waals surface area contributed by atoms with Crippen LogP contribution in [-0.4, -0.2) is 64.9 Å². The topological polar surface area (TPSA) is 198 Å². The van der Waals surface area contributed by atoms with Gasteiger partial charge < -0.3 is 26.6 Å². The van der Waals surface area contributed by atoms with Crippen molar-refractivity contribution >= 4 is 40.5 Å². The first-order chi connectivity index (χ1) is 22.9. The predicted octanol–water partition coefficient (Wildman–Crippen LogP) is 3.60. The zero-order valence-corrected chi connectivity index (χ0v) is 26.6. The highest BCUT2D eigenvalue weighted by atomic mass is 19.1. The van der Waals surface area contributed by atoms with Gasteiger partial charge in [-0.1, -0.05) is 43.0 Å². The van der Waals surface area contributed by atoms with Gasteiger partial charge >= 0.3 is 5.97 Å². The van der Waals surface area contributed by atoms with Gasteiger partial charge in [-0.05, 0) is 56.5 Å². The number of nitrogens with zero attached hydrogens (tertiary/aromatic N) is 5. The third-order valence-corrected chi connectivity index (χ3v) is 8.32. The second kappa shape index (κ2) is 13.5. The van der Waals surface area contributed by atoms with Crippen LogP contribution in [0.5, 0.6) is 0 Å². The molecule has 1 aromatic carbocycles. The third-order valence-electron chi connectivity index (χ3n) is 8.32. The van der Waals surface area contributed by atoms with Crippen LogP contribution < -0.4 is 16.4 Å². The summed E-state index contributed by atoms with van der Waals surface area (Å²) in [4.78, 5) is 50.7. The van der Waals surface area contributed by atoms with Gasteiger partial charge in [-0.15, -0.1) is 0 Å². The largest absolute Gasteiger partial charge is 0.480 e. The molecule has 0 saturated carbocycles. The molecule has 2 unspecified atom stereocenters. The molecule has 3 atom stereocenters. The van der Waals surface area contributed by atoms with Gasteiger partial charge in [0.2, 0.25) is 11.8 Å². The standard InChI is InChI=1S/C34H35FN8O5/c1-5-8-23(35)20(6-2)17-43-31-22(9-7-16-37-31)27(42-43)30-39-28(36)25-29(40-30)41-33(48)34(25,4)21-13-10-19(11-14-21)12-15-24(45)38-26(18(3)44)32(46)47/h5-11,13-14,16,18,26,44H,1,12,15,17H2,2-4H3,(H,38,45)(H,46,47)(H3,36,39,40,41,48)/b20-6-,23-8+/t18-,26?,34?/m0/s1. The molecule has 0 fully saturated rings. The fourth-order valence-electron chi connectivity index (χ4n) is 5.65. The Morgan fingerprint density at radius 1 is 1.23 bits per heavy atom. The molecular formula is C34H35FN8O5. The molecule has 0 spiro atoms. The number of hydrogen-bond acceptors (Lipinski definition) is 9. The van der Waals surface area contributed by atoms with Crippen LogP contribution in [0.4, 0.5) is 16.0 Å². The van der Waals surface area contributed by atoms with E-state index in [0.29, 0.717) is 39.8 Å². The van der Waals surface area contributed by atoms with Crippen molar-refractivity contribution in [3.05, 3.63) is 95.5 Å². The van der Waals surface area contributed by atoms with Crippen LogP contribution in [-0.2, 0) is 32.8 Å². The first-order valence-electron chi connectivity index (χ1n) is 15.1. The number of anilines is 2. The number of aliphatic hydroxyl groups is 1. The maximum absolute atomic E-state index is 14.7. The first kappa shape index (κ1) is 33.6. The van der Waals surface area contributed by atoms with E-state index in [1.54, 1.807) is 67.2 Å². The van der Waals surface area contributed by atoms with Crippen molar-refractivity contribution in [2.45, 2.75) is 57.7 Å². The SMILES string of the molecule is C=C/C=C(F)\C(=C/C)Cn1nc(-c2nc(N)c3c(n2)NC(=O)C3(C)c2ccc(CCC(=O)NC(C(=O)O)[C@H](C)O)cc2)c2cccnc21. The monoisotopic (exact) mass is 654 g/mol. The number of nitrogens with one attached hydrogen (secondary N) is 2. The number of aliphatic hydroxyl groups excluding tert-OH is 1. The van der Waals surface area contributed by atoms with Crippen molar-refractivity contribution in [2.24, 2.45) is 0 Å². The molecule has 4 aromatic rings. The van der Waals surface area contributed by atoms with Gasteiger partial charge in [0.25, 0.3) is 0 Å². The lowest BCUT2D eigenvalue weighted by atomic mass is 9.77. The van der Waals surface area contributed by atoms with Gasteiger partial charge in [-0.2, -0.15) is 5.10 Å². The highest BCUT2D eigenvalue weighted by molar-refractivity contribution is 6.09. The zero-order valence-electron chi connectivity index (χ0n) is 26.6. The second-order valence-corrected chi connectivity index (χ2v) is 11.5. The minimum Gasteiger partial charge on any atom is -0.480 e. The number of pyridine rings is 1. The normalized spacial score (nSPS) is 17.5. The van der Waals surface area contributed by atoms with E-state index in [1.807, 2.05) is 0 Å². The van der Waals surface area contributed by atoms with Gasteiger partial charge in [-0.3, -0.25) is 9.59 Å². The number of aromatic nitrogens is 5. The van der Waals surface area contributed by atoms with Crippen LogP contribution >= 0.6 is 0 Å². The Labute approximate surface area is 275 Å². The Morgan fingerprint density at radius 3 is 2.60 bits per heavy atom. The molecule has 4 heterocycles.